The number of aromatic nitrogens is 2. The highest BCUT2D eigenvalue weighted by Crippen LogP contribution is 2.19. The molecule has 1 aromatic rings. The maximum absolute atomic E-state index is 8.75. The molecular weight excluding hydrogens is 176 g/mol. The first-order valence-electron chi connectivity index (χ1n) is 4.81. The van der Waals surface area contributed by atoms with Gasteiger partial charge in [0.25, 0.3) is 0 Å². The zero-order valence-electron chi connectivity index (χ0n) is 7.93. The molecule has 1 aliphatic heterocycles. The van der Waals surface area contributed by atoms with E-state index >= 15 is 0 Å². The Morgan fingerprint density at radius 2 is 2.14 bits per heavy atom. The van der Waals surface area contributed by atoms with Crippen molar-refractivity contribution in [1.29, 1.82) is 5.26 Å². The molecule has 1 aliphatic rings. The molecule has 1 aromatic heterocycles. The number of hydrogen-bond donors (Lipinski definition) is 0. The van der Waals surface area contributed by atoms with Gasteiger partial charge in [-0.25, -0.2) is 4.98 Å². The monoisotopic (exact) mass is 188 g/mol. The minimum atomic E-state index is 0.225. The lowest BCUT2D eigenvalue weighted by molar-refractivity contribution is 0.485. The van der Waals surface area contributed by atoms with Gasteiger partial charge in [-0.1, -0.05) is 0 Å². The van der Waals surface area contributed by atoms with Crippen molar-refractivity contribution in [3.63, 3.8) is 0 Å². The molecule has 0 spiro atoms. The molecule has 0 aromatic carbocycles. The van der Waals surface area contributed by atoms with Crippen LogP contribution in [-0.2, 0) is 0 Å². The third-order valence-corrected chi connectivity index (χ3v) is 2.55. The van der Waals surface area contributed by atoms with Gasteiger partial charge in [-0.05, 0) is 12.8 Å². The molecule has 72 valence electrons. The van der Waals surface area contributed by atoms with Crippen LogP contribution in [0.5, 0.6) is 0 Å². The maximum Gasteiger partial charge on any atom is 0.147 e. The standard InChI is InChI=1S/C10H12N4/c11-7-9-1-5-14(6-2-9)10-8-12-3-4-13-10/h3-4,8-9H,1-2,5-6H2. The lowest BCUT2D eigenvalue weighted by Crippen LogP contribution is -2.33. The van der Waals surface area contributed by atoms with Crippen LogP contribution in [0.2, 0.25) is 0 Å². The molecule has 2 heterocycles. The zero-order valence-corrected chi connectivity index (χ0v) is 7.93. The molecule has 0 N–H and O–H groups in total. The van der Waals surface area contributed by atoms with Crippen molar-refractivity contribution < 1.29 is 0 Å². The van der Waals surface area contributed by atoms with E-state index in [-0.39, 0.29) is 5.92 Å². The van der Waals surface area contributed by atoms with Crippen LogP contribution in [0.4, 0.5) is 5.82 Å². The molecule has 1 fully saturated rings. The number of anilines is 1. The molecule has 4 heteroatoms. The van der Waals surface area contributed by atoms with Crippen LogP contribution < -0.4 is 4.90 Å². The molecule has 14 heavy (non-hydrogen) atoms. The van der Waals surface area contributed by atoms with Crippen LogP contribution >= 0.6 is 0 Å². The van der Waals surface area contributed by atoms with Crippen molar-refractivity contribution in [2.75, 3.05) is 18.0 Å². The zero-order chi connectivity index (χ0) is 9.80. The topological polar surface area (TPSA) is 52.8 Å². The van der Waals surface area contributed by atoms with Gasteiger partial charge in [0.2, 0.25) is 0 Å². The third-order valence-electron chi connectivity index (χ3n) is 2.55. The number of rotatable bonds is 1. The molecule has 0 atom stereocenters. The molecule has 0 aliphatic carbocycles. The second-order valence-electron chi connectivity index (χ2n) is 3.45. The highest BCUT2D eigenvalue weighted by Gasteiger charge is 2.19. The predicted molar refractivity (Wildman–Crippen MR) is 52.6 cm³/mol. The highest BCUT2D eigenvalue weighted by atomic mass is 15.2. The fourth-order valence-electron chi connectivity index (χ4n) is 1.69. The smallest absolute Gasteiger partial charge is 0.147 e. The highest BCUT2D eigenvalue weighted by molar-refractivity contribution is 5.35. The van der Waals surface area contributed by atoms with Crippen LogP contribution in [-0.4, -0.2) is 23.1 Å². The van der Waals surface area contributed by atoms with Gasteiger partial charge in [0.05, 0.1) is 12.3 Å². The summed E-state index contributed by atoms with van der Waals surface area (Å²) in [6.45, 7) is 1.83. The minimum Gasteiger partial charge on any atom is -0.355 e. The second-order valence-corrected chi connectivity index (χ2v) is 3.45. The quantitative estimate of drug-likeness (QED) is 0.664. The van der Waals surface area contributed by atoms with Crippen LogP contribution in [0.3, 0.4) is 0 Å². The van der Waals surface area contributed by atoms with E-state index in [1.54, 1.807) is 18.6 Å². The number of piperidine rings is 1. The summed E-state index contributed by atoms with van der Waals surface area (Å²) in [4.78, 5) is 10.4. The van der Waals surface area contributed by atoms with E-state index in [0.717, 1.165) is 31.7 Å². The fraction of sp³-hybridized carbons (Fsp3) is 0.500. The van der Waals surface area contributed by atoms with E-state index in [4.69, 9.17) is 5.26 Å². The molecule has 2 rings (SSSR count). The lowest BCUT2D eigenvalue weighted by Gasteiger charge is -2.29. The van der Waals surface area contributed by atoms with Crippen molar-refractivity contribution in [2.45, 2.75) is 12.8 Å². The van der Waals surface area contributed by atoms with Gasteiger partial charge < -0.3 is 4.90 Å². The Morgan fingerprint density at radius 3 is 2.71 bits per heavy atom. The van der Waals surface area contributed by atoms with E-state index in [0.29, 0.717) is 0 Å². The Morgan fingerprint density at radius 1 is 1.36 bits per heavy atom. The Kier molecular flexibility index (Phi) is 2.59. The van der Waals surface area contributed by atoms with Crippen LogP contribution in [0, 0.1) is 17.2 Å². The summed E-state index contributed by atoms with van der Waals surface area (Å²) in [5, 5.41) is 8.75. The van der Waals surface area contributed by atoms with Gasteiger partial charge in [0.1, 0.15) is 5.82 Å². The third kappa shape index (κ3) is 1.82. The van der Waals surface area contributed by atoms with Gasteiger partial charge >= 0.3 is 0 Å². The molecule has 0 radical (unpaired) electrons. The first kappa shape index (κ1) is 8.95. The van der Waals surface area contributed by atoms with Crippen molar-refractivity contribution in [1.82, 2.24) is 9.97 Å². The Labute approximate surface area is 83.2 Å². The average Bonchev–Trinajstić information content (AvgIpc) is 2.30. The van der Waals surface area contributed by atoms with Gasteiger partial charge in [-0.2, -0.15) is 5.26 Å². The second kappa shape index (κ2) is 4.05. The summed E-state index contributed by atoms with van der Waals surface area (Å²) < 4.78 is 0. The van der Waals surface area contributed by atoms with Gasteiger partial charge in [0.15, 0.2) is 0 Å². The lowest BCUT2D eigenvalue weighted by atomic mass is 9.99. The molecule has 1 saturated heterocycles. The molecule has 4 nitrogen and oxygen atoms in total. The van der Waals surface area contributed by atoms with Gasteiger partial charge in [-0.3, -0.25) is 4.98 Å². The van der Waals surface area contributed by atoms with Crippen molar-refractivity contribution in [2.24, 2.45) is 5.92 Å². The summed E-state index contributed by atoms with van der Waals surface area (Å²) in [6.07, 6.45) is 7.02. The molecule has 0 unspecified atom stereocenters. The van der Waals surface area contributed by atoms with Crippen LogP contribution in [0.1, 0.15) is 12.8 Å². The minimum absolute atomic E-state index is 0.225. The molecule has 0 saturated carbocycles. The summed E-state index contributed by atoms with van der Waals surface area (Å²) in [5.74, 6) is 1.15. The fourth-order valence-corrected chi connectivity index (χ4v) is 1.69. The molecule has 0 amide bonds. The summed E-state index contributed by atoms with van der Waals surface area (Å²) >= 11 is 0. The van der Waals surface area contributed by atoms with Crippen LogP contribution in [0.25, 0.3) is 0 Å². The van der Waals surface area contributed by atoms with E-state index < -0.39 is 0 Å². The SMILES string of the molecule is N#CC1CCN(c2cnccn2)CC1. The first-order valence-corrected chi connectivity index (χ1v) is 4.81. The Balaban J connectivity index is 2.00. The van der Waals surface area contributed by atoms with Crippen molar-refractivity contribution in [3.8, 4) is 6.07 Å². The number of hydrogen-bond acceptors (Lipinski definition) is 4. The van der Waals surface area contributed by atoms with Crippen molar-refractivity contribution >= 4 is 5.82 Å². The average molecular weight is 188 g/mol. The van der Waals surface area contributed by atoms with E-state index in [2.05, 4.69) is 20.9 Å². The predicted octanol–water partition coefficient (Wildman–Crippen LogP) is 1.22. The Bertz CT molecular complexity index is 322. The summed E-state index contributed by atoms with van der Waals surface area (Å²) in [5.41, 5.74) is 0. The normalized spacial score (nSPS) is 17.8. The molecule has 0 bridgehead atoms. The van der Waals surface area contributed by atoms with Gasteiger partial charge in [0, 0.05) is 31.4 Å². The van der Waals surface area contributed by atoms with Crippen molar-refractivity contribution in [3.05, 3.63) is 18.6 Å². The van der Waals surface area contributed by atoms with E-state index in [1.807, 2.05) is 0 Å². The number of nitrogens with zero attached hydrogens (tertiary/aromatic N) is 4. The van der Waals surface area contributed by atoms with E-state index in [9.17, 15) is 0 Å². The Hall–Kier alpha value is -1.63. The number of nitriles is 1. The van der Waals surface area contributed by atoms with E-state index in [1.165, 1.54) is 0 Å². The maximum atomic E-state index is 8.75. The summed E-state index contributed by atoms with van der Waals surface area (Å²) in [7, 11) is 0. The first-order chi connectivity index (χ1) is 6.90. The molecular formula is C10H12N4. The summed E-state index contributed by atoms with van der Waals surface area (Å²) in [6, 6.07) is 2.31. The van der Waals surface area contributed by atoms with Crippen LogP contribution in [0.15, 0.2) is 18.6 Å². The van der Waals surface area contributed by atoms with Gasteiger partial charge in [-0.15, -0.1) is 0 Å². The largest absolute Gasteiger partial charge is 0.355 e.